The van der Waals surface area contributed by atoms with Crippen molar-refractivity contribution in [1.29, 1.82) is 0 Å². The van der Waals surface area contributed by atoms with Gasteiger partial charge >= 0.3 is 6.09 Å². The minimum atomic E-state index is -0.452. The Hall–Kier alpha value is -2.77. The molecule has 0 radical (unpaired) electrons. The zero-order valence-electron chi connectivity index (χ0n) is 32.7. The number of benzene rings is 2. The van der Waals surface area contributed by atoms with Crippen LogP contribution in [0.5, 0.6) is 0 Å². The van der Waals surface area contributed by atoms with Gasteiger partial charge in [-0.05, 0) is 29.3 Å². The van der Waals surface area contributed by atoms with Gasteiger partial charge in [-0.2, -0.15) is 0 Å². The van der Waals surface area contributed by atoms with Gasteiger partial charge in [0.05, 0.1) is 145 Å². The summed E-state index contributed by atoms with van der Waals surface area (Å²) in [6.45, 7) is 12.6. The first-order chi connectivity index (χ1) is 27.3. The molecule has 312 valence electrons. The highest BCUT2D eigenvalue weighted by Gasteiger charge is 2.28. The second-order valence-corrected chi connectivity index (χ2v) is 12.1. The molecule has 55 heavy (non-hydrogen) atoms. The van der Waals surface area contributed by atoms with Crippen LogP contribution in [0.4, 0.5) is 4.79 Å². The lowest BCUT2D eigenvalue weighted by molar-refractivity contribution is -0.0274. The first-order valence-electron chi connectivity index (χ1n) is 19.4. The molecule has 1 aliphatic carbocycles. The molecule has 0 unspecified atom stereocenters. The number of carbonyl (C=O) groups is 1. The molecule has 0 aliphatic heterocycles. The monoisotopic (exact) mass is 780 g/mol. The number of fused-ring (bicyclic) bond motifs is 3. The van der Waals surface area contributed by atoms with Crippen LogP contribution in [-0.2, 0) is 56.8 Å². The summed E-state index contributed by atoms with van der Waals surface area (Å²) < 4.78 is 65.8. The van der Waals surface area contributed by atoms with Crippen molar-refractivity contribution in [3.8, 4) is 11.1 Å². The van der Waals surface area contributed by atoms with E-state index >= 15 is 0 Å². The van der Waals surface area contributed by atoms with Crippen molar-refractivity contribution >= 4 is 6.09 Å². The van der Waals surface area contributed by atoms with Crippen molar-refractivity contribution < 1.29 is 61.6 Å². The maximum absolute atomic E-state index is 12.2. The lowest BCUT2D eigenvalue weighted by Crippen LogP contribution is -2.29. The third-order valence-corrected chi connectivity index (χ3v) is 8.08. The van der Waals surface area contributed by atoms with Crippen molar-refractivity contribution in [3.05, 3.63) is 59.7 Å². The van der Waals surface area contributed by atoms with E-state index in [4.69, 9.17) is 56.8 Å². The summed E-state index contributed by atoms with van der Waals surface area (Å²) in [7, 11) is 1.89. The largest absolute Gasteiger partial charge is 0.449 e. The Morgan fingerprint density at radius 2 is 0.727 bits per heavy atom. The normalized spacial score (nSPS) is 12.2. The predicted molar refractivity (Wildman–Crippen MR) is 206 cm³/mol. The number of likely N-dealkylation sites (N-methyl/N-ethyl adjacent to an activating group) is 1. The van der Waals surface area contributed by atoms with Crippen LogP contribution in [0.25, 0.3) is 11.1 Å². The molecule has 0 spiro atoms. The molecule has 2 N–H and O–H groups in total. The first kappa shape index (κ1) is 46.6. The predicted octanol–water partition coefficient (Wildman–Crippen LogP) is 2.93. The van der Waals surface area contributed by atoms with Crippen LogP contribution in [0, 0.1) is 0 Å². The second kappa shape index (κ2) is 33.4. The second-order valence-electron chi connectivity index (χ2n) is 12.1. The maximum atomic E-state index is 12.2. The van der Waals surface area contributed by atoms with Gasteiger partial charge in [0.1, 0.15) is 6.61 Å². The van der Waals surface area contributed by atoms with Gasteiger partial charge in [-0.15, -0.1) is 0 Å². The zero-order valence-corrected chi connectivity index (χ0v) is 32.7. The summed E-state index contributed by atoms with van der Waals surface area (Å²) >= 11 is 0. The topological polar surface area (TPSA) is 152 Å². The molecule has 1 aliphatic rings. The van der Waals surface area contributed by atoms with Crippen molar-refractivity contribution in [2.75, 3.05) is 172 Å². The van der Waals surface area contributed by atoms with Crippen molar-refractivity contribution in [3.63, 3.8) is 0 Å². The van der Waals surface area contributed by atoms with Crippen molar-refractivity contribution in [2.24, 2.45) is 0 Å². The van der Waals surface area contributed by atoms with Crippen LogP contribution < -0.4 is 10.6 Å². The number of alkyl carbamates (subject to hydrolysis) is 1. The lowest BCUT2D eigenvalue weighted by atomic mass is 9.98. The van der Waals surface area contributed by atoms with Crippen molar-refractivity contribution in [2.45, 2.75) is 5.92 Å². The number of ether oxygens (including phenoxy) is 12. The Morgan fingerprint density at radius 1 is 0.436 bits per heavy atom. The van der Waals surface area contributed by atoms with Gasteiger partial charge in [-0.1, -0.05) is 48.5 Å². The van der Waals surface area contributed by atoms with E-state index < -0.39 is 6.09 Å². The molecule has 0 atom stereocenters. The molecular formula is C40H64N2O13. The van der Waals surface area contributed by atoms with Crippen LogP contribution in [0.15, 0.2) is 48.5 Å². The van der Waals surface area contributed by atoms with Gasteiger partial charge in [0.2, 0.25) is 0 Å². The Bertz CT molecular complexity index is 1170. The summed E-state index contributed by atoms with van der Waals surface area (Å²) in [6.07, 6.45) is -0.452. The Balaban J connectivity index is 0.941. The minimum Gasteiger partial charge on any atom is -0.449 e. The van der Waals surface area contributed by atoms with Crippen LogP contribution in [0.2, 0.25) is 0 Å². The fourth-order valence-corrected chi connectivity index (χ4v) is 5.35. The highest BCUT2D eigenvalue weighted by molar-refractivity contribution is 5.79. The summed E-state index contributed by atoms with van der Waals surface area (Å²) in [6, 6.07) is 16.5. The summed E-state index contributed by atoms with van der Waals surface area (Å²) in [5, 5.41) is 5.76. The van der Waals surface area contributed by atoms with E-state index in [9.17, 15) is 4.79 Å². The number of hydrogen-bond donors (Lipinski definition) is 2. The molecule has 15 nitrogen and oxygen atoms in total. The highest BCUT2D eigenvalue weighted by Crippen LogP contribution is 2.44. The van der Waals surface area contributed by atoms with Gasteiger partial charge < -0.3 is 67.5 Å². The number of hydrogen-bond acceptors (Lipinski definition) is 14. The Kier molecular flexibility index (Phi) is 28.3. The molecule has 3 rings (SSSR count). The molecule has 1 amide bonds. The summed E-state index contributed by atoms with van der Waals surface area (Å²) in [5.74, 6) is 0.0367. The van der Waals surface area contributed by atoms with E-state index in [1.165, 1.54) is 22.3 Å². The molecule has 0 saturated carbocycles. The average molecular weight is 781 g/mol. The van der Waals surface area contributed by atoms with Crippen LogP contribution >= 0.6 is 0 Å². The molecule has 0 saturated heterocycles. The molecule has 0 heterocycles. The van der Waals surface area contributed by atoms with Gasteiger partial charge in [-0.25, -0.2) is 4.79 Å². The lowest BCUT2D eigenvalue weighted by Gasteiger charge is -2.14. The Labute approximate surface area is 326 Å². The van der Waals surface area contributed by atoms with Gasteiger partial charge in [0, 0.05) is 19.0 Å². The Morgan fingerprint density at radius 3 is 1.05 bits per heavy atom. The number of carbonyl (C=O) groups excluding carboxylic acids is 1. The molecule has 2 aromatic rings. The third-order valence-electron chi connectivity index (χ3n) is 8.08. The number of nitrogens with one attached hydrogen (secondary N) is 2. The SMILES string of the molecule is CNCCOCCOCCOCCOCCOCCOCCOCCOCCOCCOCCOCCNC(=O)OCC1c2ccccc2-c2ccccc21. The summed E-state index contributed by atoms with van der Waals surface area (Å²) in [5.41, 5.74) is 4.77. The van der Waals surface area contributed by atoms with E-state index in [0.717, 1.165) is 6.54 Å². The van der Waals surface area contributed by atoms with Crippen LogP contribution in [0.3, 0.4) is 0 Å². The molecule has 0 bridgehead atoms. The zero-order chi connectivity index (χ0) is 38.7. The quantitative estimate of drug-likeness (QED) is 0.0962. The fourth-order valence-electron chi connectivity index (χ4n) is 5.35. The highest BCUT2D eigenvalue weighted by atomic mass is 16.6. The number of rotatable bonds is 38. The fraction of sp³-hybridized carbons (Fsp3) is 0.675. The molecule has 0 aromatic heterocycles. The molecule has 15 heteroatoms. The van der Waals surface area contributed by atoms with E-state index in [1.54, 1.807) is 0 Å². The molecule has 0 fully saturated rings. The first-order valence-corrected chi connectivity index (χ1v) is 19.4. The van der Waals surface area contributed by atoms with Gasteiger partial charge in [-0.3, -0.25) is 0 Å². The van der Waals surface area contributed by atoms with E-state index in [0.29, 0.717) is 152 Å². The van der Waals surface area contributed by atoms with E-state index in [1.807, 2.05) is 31.3 Å². The standard InChI is InChI=1S/C40H64N2O13/c1-41-10-12-44-14-16-46-18-20-48-22-24-50-26-28-52-30-32-54-33-31-53-29-27-51-25-23-49-21-19-47-17-15-45-13-11-42-40(43)55-34-39-37-8-4-2-6-35(37)36-7-3-5-9-38(36)39/h2-9,39,41H,10-34H2,1H3,(H,42,43). The van der Waals surface area contributed by atoms with E-state index in [2.05, 4.69) is 34.9 Å². The van der Waals surface area contributed by atoms with Gasteiger partial charge in [0.25, 0.3) is 0 Å². The van der Waals surface area contributed by atoms with Gasteiger partial charge in [0.15, 0.2) is 0 Å². The van der Waals surface area contributed by atoms with Crippen molar-refractivity contribution in [1.82, 2.24) is 10.6 Å². The molecule has 2 aromatic carbocycles. The summed E-state index contributed by atoms with van der Waals surface area (Å²) in [4.78, 5) is 12.2. The maximum Gasteiger partial charge on any atom is 0.407 e. The van der Waals surface area contributed by atoms with Crippen LogP contribution in [0.1, 0.15) is 17.0 Å². The van der Waals surface area contributed by atoms with Crippen LogP contribution in [-0.4, -0.2) is 178 Å². The smallest absolute Gasteiger partial charge is 0.407 e. The average Bonchev–Trinajstić information content (AvgIpc) is 3.53. The minimum absolute atomic E-state index is 0.0367. The van der Waals surface area contributed by atoms with E-state index in [-0.39, 0.29) is 12.5 Å². The molecular weight excluding hydrogens is 716 g/mol. The number of amides is 1. The third kappa shape index (κ3) is 22.5.